The Labute approximate surface area is 95.4 Å². The fourth-order valence-corrected chi connectivity index (χ4v) is 2.56. The van der Waals surface area contributed by atoms with E-state index < -0.39 is 0 Å². The van der Waals surface area contributed by atoms with Crippen molar-refractivity contribution in [3.63, 3.8) is 0 Å². The predicted octanol–water partition coefficient (Wildman–Crippen LogP) is 1.94. The van der Waals surface area contributed by atoms with Gasteiger partial charge in [-0.05, 0) is 17.9 Å². The molecule has 0 aliphatic carbocycles. The summed E-state index contributed by atoms with van der Waals surface area (Å²) in [5, 5.41) is 3.28. The van der Waals surface area contributed by atoms with Gasteiger partial charge in [-0.15, -0.1) is 11.8 Å². The van der Waals surface area contributed by atoms with Crippen molar-refractivity contribution < 1.29 is 4.74 Å². The smallest absolute Gasteiger partial charge is 0.0966 e. The molecule has 1 aromatic rings. The van der Waals surface area contributed by atoms with Gasteiger partial charge in [-0.25, -0.2) is 0 Å². The molecule has 0 radical (unpaired) electrons. The average molecular weight is 223 g/mol. The molecule has 0 saturated carbocycles. The highest BCUT2D eigenvalue weighted by Gasteiger charge is 2.37. The van der Waals surface area contributed by atoms with Gasteiger partial charge >= 0.3 is 0 Å². The summed E-state index contributed by atoms with van der Waals surface area (Å²) in [6, 6.07) is 8.57. The van der Waals surface area contributed by atoms with Crippen LogP contribution in [0.4, 0.5) is 0 Å². The maximum absolute atomic E-state index is 5.61. The SMILES string of the molecule is COC1(Cc2ccccc2SC)CNC1. The van der Waals surface area contributed by atoms with Crippen LogP contribution in [0.1, 0.15) is 5.56 Å². The monoisotopic (exact) mass is 223 g/mol. The third-order valence-corrected chi connectivity index (χ3v) is 3.87. The van der Waals surface area contributed by atoms with Gasteiger partial charge in [0.05, 0.1) is 5.60 Å². The first-order valence-corrected chi connectivity index (χ1v) is 6.40. The lowest BCUT2D eigenvalue weighted by molar-refractivity contribution is -0.0506. The lowest BCUT2D eigenvalue weighted by atomic mass is 9.89. The van der Waals surface area contributed by atoms with Crippen LogP contribution < -0.4 is 5.32 Å². The maximum Gasteiger partial charge on any atom is 0.0966 e. The molecule has 0 atom stereocenters. The second kappa shape index (κ2) is 4.56. The molecule has 15 heavy (non-hydrogen) atoms. The Kier molecular flexibility index (Phi) is 3.34. The van der Waals surface area contributed by atoms with E-state index in [0.29, 0.717) is 0 Å². The summed E-state index contributed by atoms with van der Waals surface area (Å²) in [5.41, 5.74) is 1.43. The zero-order valence-corrected chi connectivity index (χ0v) is 10.1. The number of thioether (sulfide) groups is 1. The minimum Gasteiger partial charge on any atom is -0.375 e. The first-order chi connectivity index (χ1) is 7.29. The lowest BCUT2D eigenvalue weighted by Gasteiger charge is -2.41. The Morgan fingerprint density at radius 2 is 2.13 bits per heavy atom. The maximum atomic E-state index is 5.61. The van der Waals surface area contributed by atoms with Crippen LogP contribution >= 0.6 is 11.8 Å². The number of ether oxygens (including phenoxy) is 1. The van der Waals surface area contributed by atoms with Crippen molar-refractivity contribution in [1.82, 2.24) is 5.32 Å². The van der Waals surface area contributed by atoms with Gasteiger partial charge in [-0.3, -0.25) is 0 Å². The van der Waals surface area contributed by atoms with E-state index in [0.717, 1.165) is 19.5 Å². The van der Waals surface area contributed by atoms with Crippen molar-refractivity contribution >= 4 is 11.8 Å². The molecule has 1 aliphatic heterocycles. The average Bonchev–Trinajstić information content (AvgIpc) is 2.24. The second-order valence-corrected chi connectivity index (χ2v) is 4.83. The molecule has 0 spiro atoms. The number of rotatable bonds is 4. The van der Waals surface area contributed by atoms with Gasteiger partial charge in [0, 0.05) is 31.5 Å². The first-order valence-electron chi connectivity index (χ1n) is 5.17. The molecular weight excluding hydrogens is 206 g/mol. The van der Waals surface area contributed by atoms with Crippen LogP contribution in [0, 0.1) is 0 Å². The van der Waals surface area contributed by atoms with Crippen LogP contribution in [0.25, 0.3) is 0 Å². The van der Waals surface area contributed by atoms with Crippen molar-refractivity contribution in [3.05, 3.63) is 29.8 Å². The minimum atomic E-state index is 0.0336. The third-order valence-electron chi connectivity index (χ3n) is 3.03. The molecule has 3 heteroatoms. The zero-order valence-electron chi connectivity index (χ0n) is 9.25. The fraction of sp³-hybridized carbons (Fsp3) is 0.500. The number of hydrogen-bond acceptors (Lipinski definition) is 3. The van der Waals surface area contributed by atoms with Gasteiger partial charge in [0.2, 0.25) is 0 Å². The number of benzene rings is 1. The van der Waals surface area contributed by atoms with E-state index in [1.807, 2.05) is 7.11 Å². The Bertz CT molecular complexity index is 331. The molecule has 82 valence electrons. The van der Waals surface area contributed by atoms with E-state index in [1.165, 1.54) is 10.5 Å². The van der Waals surface area contributed by atoms with E-state index in [9.17, 15) is 0 Å². The zero-order chi connectivity index (χ0) is 10.7. The topological polar surface area (TPSA) is 21.3 Å². The quantitative estimate of drug-likeness (QED) is 0.788. The first kappa shape index (κ1) is 11.0. The van der Waals surface area contributed by atoms with Gasteiger partial charge < -0.3 is 10.1 Å². The Morgan fingerprint density at radius 3 is 2.67 bits per heavy atom. The summed E-state index contributed by atoms with van der Waals surface area (Å²) in [5.74, 6) is 0. The van der Waals surface area contributed by atoms with Crippen LogP contribution in [0.3, 0.4) is 0 Å². The van der Waals surface area contributed by atoms with Crippen molar-refractivity contribution in [3.8, 4) is 0 Å². The summed E-state index contributed by atoms with van der Waals surface area (Å²) in [6.07, 6.45) is 3.13. The molecule has 1 heterocycles. The lowest BCUT2D eigenvalue weighted by Crippen LogP contribution is -2.61. The second-order valence-electron chi connectivity index (χ2n) is 3.98. The van der Waals surface area contributed by atoms with Crippen LogP contribution in [0.2, 0.25) is 0 Å². The van der Waals surface area contributed by atoms with E-state index in [1.54, 1.807) is 11.8 Å². The standard InChI is InChI=1S/C12H17NOS/c1-14-12(8-13-9-12)7-10-5-3-4-6-11(10)15-2/h3-6,13H,7-9H2,1-2H3. The van der Waals surface area contributed by atoms with E-state index in [-0.39, 0.29) is 5.60 Å². The molecule has 0 amide bonds. The molecule has 1 aromatic carbocycles. The molecule has 1 fully saturated rings. The number of methoxy groups -OCH3 is 1. The Morgan fingerprint density at radius 1 is 1.40 bits per heavy atom. The normalized spacial score (nSPS) is 18.5. The van der Waals surface area contributed by atoms with Crippen LogP contribution in [0.15, 0.2) is 29.2 Å². The predicted molar refractivity (Wildman–Crippen MR) is 64.5 cm³/mol. The van der Waals surface area contributed by atoms with E-state index in [4.69, 9.17) is 4.74 Å². The van der Waals surface area contributed by atoms with Crippen LogP contribution in [-0.2, 0) is 11.2 Å². The van der Waals surface area contributed by atoms with Crippen molar-refractivity contribution in [2.75, 3.05) is 26.5 Å². The molecular formula is C12H17NOS. The van der Waals surface area contributed by atoms with Gasteiger partial charge in [0.1, 0.15) is 0 Å². The molecule has 1 aliphatic rings. The highest BCUT2D eigenvalue weighted by molar-refractivity contribution is 7.98. The minimum absolute atomic E-state index is 0.0336. The largest absolute Gasteiger partial charge is 0.375 e. The van der Waals surface area contributed by atoms with E-state index >= 15 is 0 Å². The Balaban J connectivity index is 2.15. The number of hydrogen-bond donors (Lipinski definition) is 1. The van der Waals surface area contributed by atoms with Crippen molar-refractivity contribution in [2.24, 2.45) is 0 Å². The van der Waals surface area contributed by atoms with E-state index in [2.05, 4.69) is 35.8 Å². The van der Waals surface area contributed by atoms with Crippen LogP contribution in [0.5, 0.6) is 0 Å². The van der Waals surface area contributed by atoms with Gasteiger partial charge in [0.15, 0.2) is 0 Å². The molecule has 0 aromatic heterocycles. The molecule has 2 rings (SSSR count). The summed E-state index contributed by atoms with van der Waals surface area (Å²) in [7, 11) is 1.81. The van der Waals surface area contributed by atoms with Gasteiger partial charge in [-0.1, -0.05) is 18.2 Å². The molecule has 1 saturated heterocycles. The third kappa shape index (κ3) is 2.19. The molecule has 0 bridgehead atoms. The highest BCUT2D eigenvalue weighted by atomic mass is 32.2. The van der Waals surface area contributed by atoms with Crippen molar-refractivity contribution in [1.29, 1.82) is 0 Å². The fourth-order valence-electron chi connectivity index (χ4n) is 1.94. The summed E-state index contributed by atoms with van der Waals surface area (Å²) in [4.78, 5) is 1.36. The Hall–Kier alpha value is -0.510. The van der Waals surface area contributed by atoms with Crippen LogP contribution in [-0.4, -0.2) is 32.1 Å². The number of nitrogens with one attached hydrogen (secondary N) is 1. The summed E-state index contributed by atoms with van der Waals surface area (Å²) >= 11 is 1.81. The van der Waals surface area contributed by atoms with Gasteiger partial charge in [0.25, 0.3) is 0 Å². The van der Waals surface area contributed by atoms with Gasteiger partial charge in [-0.2, -0.15) is 0 Å². The molecule has 2 nitrogen and oxygen atoms in total. The molecule has 1 N–H and O–H groups in total. The van der Waals surface area contributed by atoms with Crippen molar-refractivity contribution in [2.45, 2.75) is 16.9 Å². The summed E-state index contributed by atoms with van der Waals surface area (Å²) < 4.78 is 5.61. The molecule has 0 unspecified atom stereocenters. The summed E-state index contributed by atoms with van der Waals surface area (Å²) in [6.45, 7) is 1.93. The highest BCUT2D eigenvalue weighted by Crippen LogP contribution is 2.27.